The second-order valence-electron chi connectivity index (χ2n) is 30.0. The molecular formula is C93H164O16P2. The zero-order chi connectivity index (χ0) is 80.8. The van der Waals surface area contributed by atoms with E-state index in [0.29, 0.717) is 19.3 Å². The van der Waals surface area contributed by atoms with E-state index < -0.39 is 91.5 Å². The monoisotopic (exact) mass is 1600 g/mol. The predicted molar refractivity (Wildman–Crippen MR) is 463 cm³/mol. The molecule has 0 aromatic heterocycles. The Balaban J connectivity index is 4.43. The van der Waals surface area contributed by atoms with Gasteiger partial charge in [-0.1, -0.05) is 354 Å². The minimum absolute atomic E-state index is 0.0866. The van der Waals surface area contributed by atoms with Gasteiger partial charge in [-0.2, -0.15) is 0 Å². The lowest BCUT2D eigenvalue weighted by Gasteiger charge is -2.21. The number of hydrogen-bond donors (Lipinski definition) is 4. The van der Waals surface area contributed by atoms with Crippen LogP contribution in [0, 0.1) is 0 Å². The highest BCUT2D eigenvalue weighted by Crippen LogP contribution is 2.45. The average molecular weight is 1600 g/mol. The molecule has 0 aliphatic heterocycles. The van der Waals surface area contributed by atoms with E-state index >= 15 is 0 Å². The molecule has 0 aromatic carbocycles. The van der Waals surface area contributed by atoms with Gasteiger partial charge in [0, 0.05) is 19.3 Å². The van der Waals surface area contributed by atoms with Crippen molar-refractivity contribution in [3.63, 3.8) is 0 Å². The summed E-state index contributed by atoms with van der Waals surface area (Å²) in [7, 11) is -9.80. The van der Waals surface area contributed by atoms with Crippen LogP contribution in [0.3, 0.4) is 0 Å². The van der Waals surface area contributed by atoms with E-state index in [0.717, 1.165) is 135 Å². The van der Waals surface area contributed by atoms with Crippen molar-refractivity contribution in [2.75, 3.05) is 39.6 Å². The molecule has 0 aliphatic carbocycles. The largest absolute Gasteiger partial charge is 0.472 e. The number of hydrogen-bond acceptors (Lipinski definition) is 14. The summed E-state index contributed by atoms with van der Waals surface area (Å²) in [5.74, 6) is -1.58. The van der Waals surface area contributed by atoms with Gasteiger partial charge in [-0.3, -0.25) is 32.5 Å². The zero-order valence-electron chi connectivity index (χ0n) is 70.6. The molecule has 0 fully saturated rings. The summed E-state index contributed by atoms with van der Waals surface area (Å²) in [6.45, 7) is 2.63. The van der Waals surface area contributed by atoms with Crippen LogP contribution in [0.15, 0.2) is 122 Å². The molecule has 5 unspecified atom stereocenters. The highest BCUT2D eigenvalue weighted by atomic mass is 31.2. The van der Waals surface area contributed by atoms with Crippen molar-refractivity contribution in [2.24, 2.45) is 0 Å². The standard InChI is InChI=1S/C93H164O16P2/c1-4-7-10-13-16-19-22-25-28-30-32-34-36-38-39-40-41-42-43-44-45-46-47-49-51-52-54-56-59-61-64-67-70-73-76-79-91(96)103-82-88(94)83-105-110(99,100)106-84-89(95)85-107-111(101,102)108-87-90(109-93(98)81-78-75-72-69-66-63-58-27-24-21-18-15-12-9-6-3)86-104-92(97)80-77-74-71-68-65-62-60-57-55-53-50-48-37-35-33-31-29-26-23-20-17-14-11-8-5-2/h16-21,25-29,32-35,38-39,48,50,58,88-90,94-95H,4-15,22-24,30-31,36-37,40-47,49,51-57,59-87H2,1-3H3,(H,99,100)(H,101,102)/b19-16-,20-17-,21-18-,28-25-,29-26-,34-32-,35-33-,39-38-,50-48-,58-27-. The van der Waals surface area contributed by atoms with Gasteiger partial charge >= 0.3 is 33.6 Å². The molecule has 111 heavy (non-hydrogen) atoms. The first-order chi connectivity index (χ1) is 54.2. The molecule has 0 saturated heterocycles. The average Bonchev–Trinajstić information content (AvgIpc) is 0.901. The van der Waals surface area contributed by atoms with Crippen LogP contribution in [0.2, 0.25) is 0 Å². The van der Waals surface area contributed by atoms with Crippen LogP contribution >= 0.6 is 15.6 Å². The van der Waals surface area contributed by atoms with Crippen LogP contribution in [0.25, 0.3) is 0 Å². The van der Waals surface area contributed by atoms with Gasteiger partial charge in [0.05, 0.1) is 26.4 Å². The Bertz CT molecular complexity index is 2500. The van der Waals surface area contributed by atoms with Crippen molar-refractivity contribution >= 4 is 33.6 Å². The van der Waals surface area contributed by atoms with Gasteiger partial charge in [0.15, 0.2) is 6.10 Å². The molecular weight excluding hydrogens is 1430 g/mol. The maximum Gasteiger partial charge on any atom is 0.472 e. The van der Waals surface area contributed by atoms with E-state index in [9.17, 15) is 43.5 Å². The van der Waals surface area contributed by atoms with Crippen LogP contribution in [0.1, 0.15) is 393 Å². The van der Waals surface area contributed by atoms with Gasteiger partial charge in [-0.15, -0.1) is 0 Å². The Morgan fingerprint density at radius 2 is 0.450 bits per heavy atom. The minimum Gasteiger partial charge on any atom is -0.463 e. The van der Waals surface area contributed by atoms with E-state index in [1.165, 1.54) is 199 Å². The molecule has 18 heteroatoms. The number of rotatable bonds is 85. The quantitative estimate of drug-likeness (QED) is 0.0146. The number of esters is 3. The Hall–Kier alpha value is -4.05. The van der Waals surface area contributed by atoms with Gasteiger partial charge in [0.1, 0.15) is 25.4 Å². The molecule has 0 aromatic rings. The second kappa shape index (κ2) is 85.3. The predicted octanol–water partition coefficient (Wildman–Crippen LogP) is 27.2. The molecule has 642 valence electrons. The number of aliphatic hydroxyl groups is 2. The molecule has 0 radical (unpaired) electrons. The molecule has 0 rings (SSSR count). The van der Waals surface area contributed by atoms with E-state index in [2.05, 4.69) is 142 Å². The van der Waals surface area contributed by atoms with Gasteiger partial charge in [0.25, 0.3) is 0 Å². The van der Waals surface area contributed by atoms with Crippen LogP contribution < -0.4 is 0 Å². The number of phosphoric ester groups is 2. The Morgan fingerprint density at radius 1 is 0.252 bits per heavy atom. The first-order valence-corrected chi connectivity index (χ1v) is 47.8. The normalized spacial score (nSPS) is 14.4. The van der Waals surface area contributed by atoms with E-state index in [-0.39, 0.29) is 19.3 Å². The lowest BCUT2D eigenvalue weighted by molar-refractivity contribution is -0.161. The highest BCUT2D eigenvalue weighted by molar-refractivity contribution is 7.47. The van der Waals surface area contributed by atoms with Gasteiger partial charge < -0.3 is 34.2 Å². The van der Waals surface area contributed by atoms with Gasteiger partial charge in [-0.05, 0) is 141 Å². The molecule has 0 saturated carbocycles. The lowest BCUT2D eigenvalue weighted by atomic mass is 10.0. The Kier molecular flexibility index (Phi) is 82.2. The summed E-state index contributed by atoms with van der Waals surface area (Å²) in [6.07, 6.45) is 104. The number of carbonyl (C=O) groups is 3. The van der Waals surface area contributed by atoms with Crippen LogP contribution in [-0.2, 0) is 55.8 Å². The Labute approximate surface area is 678 Å². The van der Waals surface area contributed by atoms with Crippen molar-refractivity contribution in [2.45, 2.75) is 411 Å². The van der Waals surface area contributed by atoms with E-state index in [1.54, 1.807) is 0 Å². The van der Waals surface area contributed by atoms with E-state index in [4.69, 9.17) is 32.3 Å². The van der Waals surface area contributed by atoms with E-state index in [1.807, 2.05) is 0 Å². The topological polar surface area (TPSA) is 231 Å². The number of phosphoric acid groups is 2. The molecule has 0 amide bonds. The fourth-order valence-electron chi connectivity index (χ4n) is 12.3. The fraction of sp³-hybridized carbons (Fsp3) is 0.753. The van der Waals surface area contributed by atoms with Crippen molar-refractivity contribution in [3.05, 3.63) is 122 Å². The van der Waals surface area contributed by atoms with Crippen molar-refractivity contribution in [1.29, 1.82) is 0 Å². The second-order valence-corrected chi connectivity index (χ2v) is 32.9. The molecule has 4 N–H and O–H groups in total. The molecule has 16 nitrogen and oxygen atoms in total. The van der Waals surface area contributed by atoms with Gasteiger partial charge in [0.2, 0.25) is 0 Å². The SMILES string of the molecule is CCCCC/C=C\C/C=C\C/C=C\C/C=C\CCCCCCCCCCCCCCCCCCCCCC(=O)OCC(O)COP(=O)(O)OCC(O)COP(=O)(O)OCC(COC(=O)CCCCCCCCCCC/C=C\C/C=C\C/C=C\C/C=C\CCCCC)OC(=O)CCCCCCC/C=C\C/C=C\CCCCC. The Morgan fingerprint density at radius 3 is 0.712 bits per heavy atom. The maximum absolute atomic E-state index is 13.0. The summed E-state index contributed by atoms with van der Waals surface area (Å²) in [5, 5.41) is 20.7. The van der Waals surface area contributed by atoms with Crippen molar-refractivity contribution in [3.8, 4) is 0 Å². The molecule has 0 heterocycles. The van der Waals surface area contributed by atoms with Crippen LogP contribution in [-0.4, -0.2) is 95.9 Å². The first kappa shape index (κ1) is 107. The van der Waals surface area contributed by atoms with Crippen molar-refractivity contribution in [1.82, 2.24) is 0 Å². The summed E-state index contributed by atoms with van der Waals surface area (Å²) in [5.41, 5.74) is 0. The molecule has 0 bridgehead atoms. The van der Waals surface area contributed by atoms with Crippen molar-refractivity contribution < 1.29 is 75.8 Å². The number of carbonyl (C=O) groups excluding carboxylic acids is 3. The number of aliphatic hydroxyl groups excluding tert-OH is 2. The zero-order valence-corrected chi connectivity index (χ0v) is 72.4. The fourth-order valence-corrected chi connectivity index (χ4v) is 13.9. The summed E-state index contributed by atoms with van der Waals surface area (Å²) in [4.78, 5) is 58.8. The molecule has 0 spiro atoms. The number of unbranched alkanes of at least 4 members (excludes halogenated alkanes) is 42. The summed E-state index contributed by atoms with van der Waals surface area (Å²) in [6, 6.07) is 0. The van der Waals surface area contributed by atoms with Crippen LogP contribution in [0.4, 0.5) is 0 Å². The third-order valence-electron chi connectivity index (χ3n) is 19.1. The molecule has 5 atom stereocenters. The highest BCUT2D eigenvalue weighted by Gasteiger charge is 2.29. The first-order valence-electron chi connectivity index (χ1n) is 44.8. The molecule has 0 aliphatic rings. The van der Waals surface area contributed by atoms with Gasteiger partial charge in [-0.25, -0.2) is 9.13 Å². The maximum atomic E-state index is 13.0. The third-order valence-corrected chi connectivity index (χ3v) is 21.0. The summed E-state index contributed by atoms with van der Waals surface area (Å²) < 4.78 is 61.3. The summed E-state index contributed by atoms with van der Waals surface area (Å²) >= 11 is 0. The third kappa shape index (κ3) is 86.6. The minimum atomic E-state index is -4.94. The lowest BCUT2D eigenvalue weighted by Crippen LogP contribution is -2.30. The smallest absolute Gasteiger partial charge is 0.463 e. The number of allylic oxidation sites excluding steroid dienone is 20. The number of ether oxygens (including phenoxy) is 3. The van der Waals surface area contributed by atoms with Crippen LogP contribution in [0.5, 0.6) is 0 Å².